The summed E-state index contributed by atoms with van der Waals surface area (Å²) < 4.78 is 5.71. The molecule has 0 aromatic heterocycles. The number of anilines is 1. The SMILES string of the molecule is CCC1Oc2cc(C(C)NC(=O)CC(C)N)ccc2NC1=O. The topological polar surface area (TPSA) is 93.4 Å². The summed E-state index contributed by atoms with van der Waals surface area (Å²) in [6.45, 7) is 5.60. The number of rotatable bonds is 5. The van der Waals surface area contributed by atoms with Crippen molar-refractivity contribution in [3.8, 4) is 5.75 Å². The largest absolute Gasteiger partial charge is 0.478 e. The molecule has 0 bridgehead atoms. The number of fused-ring (bicyclic) bond motifs is 1. The number of ether oxygens (including phenoxy) is 1. The van der Waals surface area contributed by atoms with Gasteiger partial charge in [-0.05, 0) is 38.0 Å². The summed E-state index contributed by atoms with van der Waals surface area (Å²) >= 11 is 0. The lowest BCUT2D eigenvalue weighted by Gasteiger charge is -2.26. The Morgan fingerprint density at radius 1 is 1.45 bits per heavy atom. The Balaban J connectivity index is 2.10. The van der Waals surface area contributed by atoms with Crippen molar-refractivity contribution in [2.45, 2.75) is 51.8 Å². The first-order valence-electron chi connectivity index (χ1n) is 7.57. The molecular formula is C16H23N3O3. The third kappa shape index (κ3) is 3.76. The standard InChI is InChI=1S/C16H23N3O3/c1-4-13-16(21)19-12-6-5-11(8-14(12)22-13)10(3)18-15(20)7-9(2)17/h5-6,8-10,13H,4,7,17H2,1-3H3,(H,18,20)(H,19,21). The van der Waals surface area contributed by atoms with Gasteiger partial charge in [0.05, 0.1) is 11.7 Å². The summed E-state index contributed by atoms with van der Waals surface area (Å²) in [5, 5.41) is 5.73. The first-order valence-corrected chi connectivity index (χ1v) is 7.57. The maximum Gasteiger partial charge on any atom is 0.265 e. The zero-order chi connectivity index (χ0) is 16.3. The Kier molecular flexibility index (Phi) is 5.03. The van der Waals surface area contributed by atoms with E-state index in [2.05, 4.69) is 10.6 Å². The monoisotopic (exact) mass is 305 g/mol. The predicted molar refractivity (Wildman–Crippen MR) is 84.6 cm³/mol. The molecule has 0 saturated heterocycles. The van der Waals surface area contributed by atoms with Gasteiger partial charge in [0.2, 0.25) is 5.91 Å². The molecule has 6 heteroatoms. The maximum absolute atomic E-state index is 11.8. The average molecular weight is 305 g/mol. The molecule has 4 N–H and O–H groups in total. The molecule has 120 valence electrons. The minimum atomic E-state index is -0.467. The molecule has 3 atom stereocenters. The lowest BCUT2D eigenvalue weighted by molar-refractivity contribution is -0.123. The molecule has 3 unspecified atom stereocenters. The highest BCUT2D eigenvalue weighted by atomic mass is 16.5. The van der Waals surface area contributed by atoms with Gasteiger partial charge in [0.25, 0.3) is 5.91 Å². The Morgan fingerprint density at radius 3 is 2.82 bits per heavy atom. The van der Waals surface area contributed by atoms with Crippen molar-refractivity contribution in [2.24, 2.45) is 5.73 Å². The fraction of sp³-hybridized carbons (Fsp3) is 0.500. The Morgan fingerprint density at radius 2 is 2.18 bits per heavy atom. The molecule has 2 amide bonds. The predicted octanol–water partition coefficient (Wildman–Crippen LogP) is 1.71. The smallest absolute Gasteiger partial charge is 0.265 e. The summed E-state index contributed by atoms with van der Waals surface area (Å²) in [5.41, 5.74) is 7.20. The van der Waals surface area contributed by atoms with Crippen LogP contribution in [0.5, 0.6) is 5.75 Å². The number of hydrogen-bond acceptors (Lipinski definition) is 4. The Labute approximate surface area is 130 Å². The van der Waals surface area contributed by atoms with Crippen LogP contribution in [0.25, 0.3) is 0 Å². The van der Waals surface area contributed by atoms with E-state index < -0.39 is 6.10 Å². The molecule has 0 saturated carbocycles. The molecule has 0 fully saturated rings. The van der Waals surface area contributed by atoms with Crippen molar-refractivity contribution >= 4 is 17.5 Å². The molecule has 0 aliphatic carbocycles. The molecule has 1 aliphatic heterocycles. The summed E-state index contributed by atoms with van der Waals surface area (Å²) in [4.78, 5) is 23.5. The van der Waals surface area contributed by atoms with Crippen LogP contribution in [0, 0.1) is 0 Å². The van der Waals surface area contributed by atoms with Crippen LogP contribution in [0.3, 0.4) is 0 Å². The zero-order valence-electron chi connectivity index (χ0n) is 13.2. The summed E-state index contributed by atoms with van der Waals surface area (Å²) in [7, 11) is 0. The van der Waals surface area contributed by atoms with Gasteiger partial charge in [-0.2, -0.15) is 0 Å². The van der Waals surface area contributed by atoms with Crippen molar-refractivity contribution in [1.82, 2.24) is 5.32 Å². The van der Waals surface area contributed by atoms with Crippen molar-refractivity contribution in [3.63, 3.8) is 0 Å². The molecule has 6 nitrogen and oxygen atoms in total. The molecule has 22 heavy (non-hydrogen) atoms. The lowest BCUT2D eigenvalue weighted by atomic mass is 10.1. The summed E-state index contributed by atoms with van der Waals surface area (Å²) in [5.74, 6) is 0.430. The van der Waals surface area contributed by atoms with Gasteiger partial charge in [-0.1, -0.05) is 13.0 Å². The molecule has 0 spiro atoms. The highest BCUT2D eigenvalue weighted by Crippen LogP contribution is 2.32. The quantitative estimate of drug-likeness (QED) is 0.772. The van der Waals surface area contributed by atoms with Crippen LogP contribution >= 0.6 is 0 Å². The van der Waals surface area contributed by atoms with Gasteiger partial charge in [-0.3, -0.25) is 9.59 Å². The maximum atomic E-state index is 11.8. The number of benzene rings is 1. The molecule has 1 aromatic rings. The number of nitrogens with one attached hydrogen (secondary N) is 2. The second kappa shape index (κ2) is 6.79. The van der Waals surface area contributed by atoms with E-state index in [0.29, 0.717) is 24.3 Å². The van der Waals surface area contributed by atoms with Crippen LogP contribution in [0.15, 0.2) is 18.2 Å². The van der Waals surface area contributed by atoms with Crippen molar-refractivity contribution in [3.05, 3.63) is 23.8 Å². The Hall–Kier alpha value is -2.08. The summed E-state index contributed by atoms with van der Waals surface area (Å²) in [6.07, 6.45) is 0.432. The van der Waals surface area contributed by atoms with E-state index in [9.17, 15) is 9.59 Å². The van der Waals surface area contributed by atoms with Gasteiger partial charge >= 0.3 is 0 Å². The van der Waals surface area contributed by atoms with Crippen LogP contribution in [-0.2, 0) is 9.59 Å². The number of carbonyl (C=O) groups excluding carboxylic acids is 2. The zero-order valence-corrected chi connectivity index (χ0v) is 13.2. The third-order valence-electron chi connectivity index (χ3n) is 3.58. The fourth-order valence-corrected chi connectivity index (χ4v) is 2.37. The van der Waals surface area contributed by atoms with Crippen LogP contribution in [0.2, 0.25) is 0 Å². The van der Waals surface area contributed by atoms with Gasteiger partial charge in [-0.25, -0.2) is 0 Å². The van der Waals surface area contributed by atoms with Gasteiger partial charge < -0.3 is 21.1 Å². The lowest BCUT2D eigenvalue weighted by Crippen LogP contribution is -2.36. The van der Waals surface area contributed by atoms with E-state index in [0.717, 1.165) is 5.56 Å². The van der Waals surface area contributed by atoms with Crippen LogP contribution < -0.4 is 21.1 Å². The number of amides is 2. The summed E-state index contributed by atoms with van der Waals surface area (Å²) in [6, 6.07) is 5.19. The number of carbonyl (C=O) groups is 2. The number of nitrogens with two attached hydrogens (primary N) is 1. The van der Waals surface area contributed by atoms with Gasteiger partial charge in [0.1, 0.15) is 5.75 Å². The molecule has 2 rings (SSSR count). The van der Waals surface area contributed by atoms with Gasteiger partial charge in [0.15, 0.2) is 6.10 Å². The highest BCUT2D eigenvalue weighted by Gasteiger charge is 2.26. The van der Waals surface area contributed by atoms with E-state index in [-0.39, 0.29) is 23.9 Å². The average Bonchev–Trinajstić information content (AvgIpc) is 2.44. The first-order chi connectivity index (χ1) is 10.4. The molecule has 1 aromatic carbocycles. The van der Waals surface area contributed by atoms with E-state index in [1.54, 1.807) is 13.0 Å². The minimum absolute atomic E-state index is 0.0825. The minimum Gasteiger partial charge on any atom is -0.478 e. The molecule has 1 heterocycles. The molecular weight excluding hydrogens is 282 g/mol. The van der Waals surface area contributed by atoms with E-state index in [1.165, 1.54) is 0 Å². The Bertz CT molecular complexity index is 572. The third-order valence-corrected chi connectivity index (χ3v) is 3.58. The van der Waals surface area contributed by atoms with Crippen LogP contribution in [-0.4, -0.2) is 24.0 Å². The second-order valence-corrected chi connectivity index (χ2v) is 5.73. The van der Waals surface area contributed by atoms with E-state index in [1.807, 2.05) is 26.0 Å². The normalized spacial score (nSPS) is 19.5. The van der Waals surface area contributed by atoms with Crippen molar-refractivity contribution in [1.29, 1.82) is 0 Å². The van der Waals surface area contributed by atoms with E-state index in [4.69, 9.17) is 10.5 Å². The van der Waals surface area contributed by atoms with Crippen LogP contribution in [0.4, 0.5) is 5.69 Å². The number of hydrogen-bond donors (Lipinski definition) is 3. The highest BCUT2D eigenvalue weighted by molar-refractivity contribution is 5.97. The van der Waals surface area contributed by atoms with Crippen LogP contribution in [0.1, 0.15) is 45.2 Å². The van der Waals surface area contributed by atoms with Gasteiger partial charge in [-0.15, -0.1) is 0 Å². The van der Waals surface area contributed by atoms with E-state index >= 15 is 0 Å². The van der Waals surface area contributed by atoms with Crippen molar-refractivity contribution in [2.75, 3.05) is 5.32 Å². The van der Waals surface area contributed by atoms with Gasteiger partial charge in [0, 0.05) is 12.5 Å². The first kappa shape index (κ1) is 16.3. The fourth-order valence-electron chi connectivity index (χ4n) is 2.37. The molecule has 0 radical (unpaired) electrons. The van der Waals surface area contributed by atoms with Crippen molar-refractivity contribution < 1.29 is 14.3 Å². The molecule has 1 aliphatic rings. The second-order valence-electron chi connectivity index (χ2n) is 5.73.